The van der Waals surface area contributed by atoms with Gasteiger partial charge >= 0.3 is 23.9 Å². The van der Waals surface area contributed by atoms with Crippen LogP contribution >= 0.6 is 0 Å². The predicted molar refractivity (Wildman–Crippen MR) is 306 cm³/mol. The van der Waals surface area contributed by atoms with Gasteiger partial charge < -0.3 is 24.8 Å². The summed E-state index contributed by atoms with van der Waals surface area (Å²) in [6, 6.07) is 4.39. The number of hydrogen-bond donors (Lipinski definition) is 3. The number of ether oxygens (including phenoxy) is 2. The fourth-order valence-electron chi connectivity index (χ4n) is 12.6. The molecule has 9 radical (unpaired) electrons. The average Bonchev–Trinajstić information content (AvgIpc) is 3.30. The number of aliphatic carboxylic acids is 2. The van der Waals surface area contributed by atoms with Gasteiger partial charge in [0.05, 0.1) is 54.0 Å². The van der Waals surface area contributed by atoms with Crippen LogP contribution in [0.4, 0.5) is 0 Å². The van der Waals surface area contributed by atoms with Gasteiger partial charge in [0.2, 0.25) is 0 Å². The van der Waals surface area contributed by atoms with Crippen LogP contribution in [0.1, 0.15) is 210 Å². The van der Waals surface area contributed by atoms with Gasteiger partial charge in [0.15, 0.2) is 0 Å². The van der Waals surface area contributed by atoms with Crippen molar-refractivity contribution in [1.82, 2.24) is 0 Å². The Balaban J connectivity index is -0.00000123. The van der Waals surface area contributed by atoms with Crippen LogP contribution in [0.2, 0.25) is 74.0 Å². The standard InChI is InChI=1S/C34H64O4Si2.C13H28OSi.C8H12O4.3B.2H2/c1-7-9-11-25-39(3,4)31-21-17-29(18-22-31)37-33(35)27-13-15-28(16-14-27)34(36)38-30-19-23-32(24-20-30)40(5,6)26-12-10-8-2;1-4-5-6-11-15(2,3)13-9-7-12(14)8-10-13;9-7(10)5-1-2-6(4-3-5)8(11)12;;;;;/h27-32H,7-26H2,1-6H3;12-14H,4-11H2,1-3H3;5-6H,1-4H2,(H,9,10)(H,11,12);;;;2*1H/i;;;;;;2*1+1. The highest BCUT2D eigenvalue weighted by Gasteiger charge is 2.40. The molecule has 0 aromatic carbocycles. The molecule has 5 aliphatic carbocycles. The zero-order chi connectivity index (χ0) is 49.6. The van der Waals surface area contributed by atoms with E-state index in [1.165, 1.54) is 114 Å². The van der Waals surface area contributed by atoms with Crippen LogP contribution in [0.3, 0.4) is 0 Å². The summed E-state index contributed by atoms with van der Waals surface area (Å²) in [4.78, 5) is 46.9. The third kappa shape index (κ3) is 24.4. The molecule has 15 heteroatoms. The lowest BCUT2D eigenvalue weighted by atomic mass is 9.82. The van der Waals surface area contributed by atoms with Crippen LogP contribution < -0.4 is 0 Å². The number of aliphatic hydroxyl groups excluding tert-OH is 1. The monoisotopic (exact) mass is 1030 g/mol. The Kier molecular flexibility index (Phi) is 34.4. The van der Waals surface area contributed by atoms with Gasteiger partial charge in [0, 0.05) is 28.1 Å². The molecule has 0 saturated heterocycles. The molecule has 0 amide bonds. The fourth-order valence-corrected chi connectivity index (χ4v) is 23.0. The molecule has 0 heterocycles. The van der Waals surface area contributed by atoms with Crippen LogP contribution in [0.5, 0.6) is 0 Å². The maximum absolute atomic E-state index is 13.0. The van der Waals surface area contributed by atoms with Crippen LogP contribution in [0.15, 0.2) is 0 Å². The molecule has 0 unspecified atom stereocenters. The Morgan fingerprint density at radius 1 is 0.400 bits per heavy atom. The van der Waals surface area contributed by atoms with Crippen molar-refractivity contribution in [2.24, 2.45) is 23.7 Å². The summed E-state index contributed by atoms with van der Waals surface area (Å²) >= 11 is 0. The number of esters is 2. The second-order valence-corrected chi connectivity index (χ2v) is 40.3. The molecule has 5 fully saturated rings. The first kappa shape index (κ1) is 68.7. The van der Waals surface area contributed by atoms with Crippen molar-refractivity contribution in [2.75, 3.05) is 0 Å². The summed E-state index contributed by atoms with van der Waals surface area (Å²) in [6.07, 6.45) is 31.5. The normalized spacial score (nSPS) is 28.3. The molecular weight excluding hydrogens is 921 g/mol. The number of carboxylic acid groups (broad SMARTS) is 2. The zero-order valence-electron chi connectivity index (χ0n) is 46.4. The van der Waals surface area contributed by atoms with E-state index in [1.54, 1.807) is 0 Å². The van der Waals surface area contributed by atoms with Crippen molar-refractivity contribution in [1.29, 1.82) is 0 Å². The third-order valence-electron chi connectivity index (χ3n) is 18.0. The van der Waals surface area contributed by atoms with Gasteiger partial charge in [0.1, 0.15) is 12.2 Å². The lowest BCUT2D eigenvalue weighted by molar-refractivity contribution is -0.162. The van der Waals surface area contributed by atoms with Crippen molar-refractivity contribution in [3.8, 4) is 0 Å². The van der Waals surface area contributed by atoms with Crippen molar-refractivity contribution in [3.05, 3.63) is 0 Å². The van der Waals surface area contributed by atoms with Gasteiger partial charge in [-0.2, -0.15) is 0 Å². The lowest BCUT2D eigenvalue weighted by Gasteiger charge is -2.38. The number of carbonyl (C=O) groups excluding carboxylic acids is 2. The minimum atomic E-state index is -1.18. The molecule has 403 valence electrons. The zero-order valence-corrected chi connectivity index (χ0v) is 49.4. The highest BCUT2D eigenvalue weighted by Crippen LogP contribution is 2.44. The second-order valence-electron chi connectivity index (χ2n) is 24.4. The highest BCUT2D eigenvalue weighted by molar-refractivity contribution is 6.79. The van der Waals surface area contributed by atoms with Gasteiger partial charge in [-0.25, -0.2) is 0 Å². The molecule has 0 aliphatic heterocycles. The molecule has 70 heavy (non-hydrogen) atoms. The number of carbonyl (C=O) groups is 4. The Bertz CT molecular complexity index is 1360. The summed E-state index contributed by atoms with van der Waals surface area (Å²) in [5.41, 5.74) is 2.75. The molecule has 9 nitrogen and oxygen atoms in total. The molecular formula is C55H108B3O9Si3. The number of rotatable bonds is 21. The predicted octanol–water partition coefficient (Wildman–Crippen LogP) is 14.8. The van der Waals surface area contributed by atoms with E-state index in [2.05, 4.69) is 60.1 Å². The van der Waals surface area contributed by atoms with Gasteiger partial charge in [-0.15, -0.1) is 0 Å². The smallest absolute Gasteiger partial charge is 0.309 e. The van der Waals surface area contributed by atoms with E-state index in [1.807, 2.05) is 0 Å². The maximum atomic E-state index is 13.0. The fraction of sp³-hybridized carbons (Fsp3) is 0.927. The summed E-state index contributed by atoms with van der Waals surface area (Å²) in [6.45, 7) is 22.3. The highest BCUT2D eigenvalue weighted by atomic mass is 28.3. The molecule has 0 atom stereocenters. The summed E-state index contributed by atoms with van der Waals surface area (Å²) in [5, 5.41) is 26.8. The minimum Gasteiger partial charge on any atom is -0.481 e. The number of hydrogen-bond acceptors (Lipinski definition) is 7. The van der Waals surface area contributed by atoms with Crippen molar-refractivity contribution >= 4 is 73.3 Å². The lowest BCUT2D eigenvalue weighted by Crippen LogP contribution is -2.38. The largest absolute Gasteiger partial charge is 0.481 e. The van der Waals surface area contributed by atoms with E-state index >= 15 is 0 Å². The van der Waals surface area contributed by atoms with Crippen LogP contribution in [-0.4, -0.2) is 107 Å². The van der Waals surface area contributed by atoms with Crippen LogP contribution in [-0.2, 0) is 28.7 Å². The molecule has 5 rings (SSSR count). The average molecular weight is 1030 g/mol. The Hall–Kier alpha value is -1.31. The van der Waals surface area contributed by atoms with E-state index in [0.29, 0.717) is 25.7 Å². The number of aliphatic hydroxyl groups is 1. The first-order valence-electron chi connectivity index (χ1n) is 28.3. The van der Waals surface area contributed by atoms with Gasteiger partial charge in [-0.05, 0) is 132 Å². The summed E-state index contributed by atoms with van der Waals surface area (Å²) in [5.74, 6) is -2.29. The van der Waals surface area contributed by atoms with E-state index in [0.717, 1.165) is 80.8 Å². The van der Waals surface area contributed by atoms with E-state index in [-0.39, 0.29) is 82.0 Å². The van der Waals surface area contributed by atoms with Crippen LogP contribution in [0.25, 0.3) is 0 Å². The van der Waals surface area contributed by atoms with Gasteiger partial charge in [-0.3, -0.25) is 19.2 Å². The Morgan fingerprint density at radius 3 is 0.886 bits per heavy atom. The van der Waals surface area contributed by atoms with E-state index in [9.17, 15) is 24.3 Å². The topological polar surface area (TPSA) is 147 Å². The Morgan fingerprint density at radius 2 is 0.643 bits per heavy atom. The second kappa shape index (κ2) is 35.0. The molecule has 3 N–H and O–H groups in total. The van der Waals surface area contributed by atoms with Gasteiger partial charge in [0.25, 0.3) is 0 Å². The summed E-state index contributed by atoms with van der Waals surface area (Å²) in [7, 11) is -3.34. The quantitative estimate of drug-likeness (QED) is 0.0581. The van der Waals surface area contributed by atoms with Crippen LogP contribution in [0, 0.1) is 23.7 Å². The van der Waals surface area contributed by atoms with Crippen molar-refractivity contribution < 1.29 is 46.8 Å². The number of carboxylic acids is 2. The first-order valence-corrected chi connectivity index (χ1v) is 38.1. The number of unbranched alkanes of at least 4 members (excludes halogenated alkanes) is 6. The van der Waals surface area contributed by atoms with Gasteiger partial charge in [-0.1, -0.05) is 149 Å². The van der Waals surface area contributed by atoms with E-state index in [4.69, 9.17) is 19.7 Å². The molecule has 0 aromatic heterocycles. The molecule has 0 bridgehead atoms. The summed E-state index contributed by atoms with van der Waals surface area (Å²) < 4.78 is 12.1. The molecule has 0 aromatic rings. The first-order chi connectivity index (χ1) is 31.7. The van der Waals surface area contributed by atoms with Crippen molar-refractivity contribution in [2.45, 2.75) is 299 Å². The third-order valence-corrected chi connectivity index (χ3v) is 31.3. The molecule has 0 spiro atoms. The molecule has 5 aliphatic rings. The minimum absolute atomic E-state index is 0. The maximum Gasteiger partial charge on any atom is 0.309 e. The Labute approximate surface area is 441 Å². The van der Waals surface area contributed by atoms with Crippen molar-refractivity contribution in [3.63, 3.8) is 0 Å². The molecule has 5 saturated carbocycles. The van der Waals surface area contributed by atoms with E-state index < -0.39 is 36.2 Å². The SMILES string of the molecule is CCCCC[Si](C)(C)C1CCC(O)CC1.CCCCC[Si](C)(C)C1CCC(OC(=O)C2CCC(C(=O)OC3CCC([Si](C)(C)CCCCC)CC3)CC2)CC1.O=C(O)C1CCC(C(=O)O)CC1.[2HH].[2HH].[B].[B].[B].